The number of hydrogen-bond donors (Lipinski definition) is 0. The smallest absolute Gasteiger partial charge is 0.0540 e. The fraction of sp³-hybridized carbons (Fsp3) is 0.333. The molecule has 0 atom stereocenters. The fourth-order valence-electron chi connectivity index (χ4n) is 13.0. The lowest BCUT2D eigenvalue weighted by Crippen LogP contribution is -2.55. The van der Waals surface area contributed by atoms with Gasteiger partial charge in [0.1, 0.15) is 0 Å². The maximum absolute atomic E-state index is 2.64. The molecule has 0 radical (unpaired) electrons. The van der Waals surface area contributed by atoms with E-state index in [9.17, 15) is 0 Å². The van der Waals surface area contributed by atoms with Crippen LogP contribution in [0.15, 0.2) is 140 Å². The van der Waals surface area contributed by atoms with E-state index >= 15 is 0 Å². The molecule has 1 nitrogen and oxygen atoms in total. The summed E-state index contributed by atoms with van der Waals surface area (Å²) in [6.45, 7) is 9.75. The maximum Gasteiger partial charge on any atom is 0.0540 e. The van der Waals surface area contributed by atoms with Gasteiger partial charge in [0.2, 0.25) is 0 Å². The van der Waals surface area contributed by atoms with Crippen molar-refractivity contribution < 1.29 is 0 Å². The van der Waals surface area contributed by atoms with Gasteiger partial charge in [-0.15, -0.1) is 0 Å². The van der Waals surface area contributed by atoms with Crippen molar-refractivity contribution in [1.29, 1.82) is 0 Å². The van der Waals surface area contributed by atoms with Crippen molar-refractivity contribution in [1.82, 2.24) is 0 Å². The van der Waals surface area contributed by atoms with Gasteiger partial charge in [-0.2, -0.15) is 0 Å². The summed E-state index contributed by atoms with van der Waals surface area (Å²) in [5.41, 5.74) is 18.5. The van der Waals surface area contributed by atoms with Gasteiger partial charge in [0.15, 0.2) is 0 Å². The van der Waals surface area contributed by atoms with Gasteiger partial charge in [0.25, 0.3) is 0 Å². The van der Waals surface area contributed by atoms with Crippen molar-refractivity contribution in [2.24, 2.45) is 23.7 Å². The second kappa shape index (κ2) is 12.1. The molecule has 6 aliphatic rings. The largest absolute Gasteiger partial charge is 0.310 e. The zero-order valence-corrected chi connectivity index (χ0v) is 33.0. The molecular formula is C54H53N. The number of nitrogens with zero attached hydrogens (tertiary/aromatic N) is 1. The number of para-hydroxylation sites is 1. The predicted octanol–water partition coefficient (Wildman–Crippen LogP) is 14.6. The molecule has 4 saturated carbocycles. The van der Waals surface area contributed by atoms with Crippen LogP contribution >= 0.6 is 0 Å². The fourth-order valence-corrected chi connectivity index (χ4v) is 13.0. The molecule has 4 fully saturated rings. The standard InChI is InChI=1S/C54H53N/c1-52(2)27-28-53(3,4)51-44(17-12-19-48(51)52)38-21-23-41(24-22-38)55(50-20-11-9-15-43(50)37-13-6-5-7-14-37)42-25-26-46-45-16-8-10-18-47(45)54(49(46)34-42)39-30-35-29-36(32-39)33-40(54)31-35/h5-26,34-36,39-40H,27-33H2,1-4H3. The minimum atomic E-state index is 0.122. The lowest BCUT2D eigenvalue weighted by molar-refractivity contribution is -0.0399. The van der Waals surface area contributed by atoms with Crippen LogP contribution < -0.4 is 4.90 Å². The average molecular weight is 716 g/mol. The van der Waals surface area contributed by atoms with Gasteiger partial charge in [-0.1, -0.05) is 137 Å². The summed E-state index contributed by atoms with van der Waals surface area (Å²) in [5.74, 6) is 3.31. The SMILES string of the molecule is CC1(C)CCC(C)(C)c2c(-c3ccc(N(c4ccc5c(c4)C4(c6ccccc6-5)C5CC6CC(C5)CC4C6)c4ccccc4-c4ccccc4)cc3)cccc21. The van der Waals surface area contributed by atoms with Crippen LogP contribution in [0.5, 0.6) is 0 Å². The first-order valence-corrected chi connectivity index (χ1v) is 21.2. The number of benzene rings is 6. The van der Waals surface area contributed by atoms with Crippen molar-refractivity contribution in [3.63, 3.8) is 0 Å². The van der Waals surface area contributed by atoms with Crippen LogP contribution in [0.1, 0.15) is 94.9 Å². The highest BCUT2D eigenvalue weighted by Crippen LogP contribution is 2.69. The molecule has 0 aliphatic heterocycles. The van der Waals surface area contributed by atoms with E-state index in [4.69, 9.17) is 0 Å². The molecule has 0 heterocycles. The van der Waals surface area contributed by atoms with Crippen LogP contribution in [0.25, 0.3) is 33.4 Å². The average Bonchev–Trinajstić information content (AvgIpc) is 3.49. The topological polar surface area (TPSA) is 3.24 Å². The highest BCUT2D eigenvalue weighted by Gasteiger charge is 2.61. The summed E-state index contributed by atoms with van der Waals surface area (Å²) in [6.07, 6.45) is 9.47. The van der Waals surface area contributed by atoms with Crippen LogP contribution in [-0.4, -0.2) is 0 Å². The summed E-state index contributed by atoms with van der Waals surface area (Å²) >= 11 is 0. The molecule has 0 saturated heterocycles. The minimum absolute atomic E-state index is 0.122. The lowest BCUT2D eigenvalue weighted by atomic mass is 9.43. The molecular weight excluding hydrogens is 663 g/mol. The minimum Gasteiger partial charge on any atom is -0.310 e. The van der Waals surface area contributed by atoms with E-state index < -0.39 is 0 Å². The van der Waals surface area contributed by atoms with Crippen LogP contribution in [0, 0.1) is 23.7 Å². The molecule has 0 unspecified atom stereocenters. The molecule has 6 aromatic carbocycles. The lowest BCUT2D eigenvalue weighted by Gasteiger charge is -2.61. The molecule has 12 rings (SSSR count). The van der Waals surface area contributed by atoms with Crippen LogP contribution in [0.3, 0.4) is 0 Å². The van der Waals surface area contributed by atoms with Crippen molar-refractivity contribution in [2.75, 3.05) is 4.90 Å². The Morgan fingerprint density at radius 1 is 0.436 bits per heavy atom. The molecule has 1 heteroatoms. The monoisotopic (exact) mass is 715 g/mol. The zero-order chi connectivity index (χ0) is 37.1. The summed E-state index contributed by atoms with van der Waals surface area (Å²) < 4.78 is 0. The van der Waals surface area contributed by atoms with E-state index in [1.807, 2.05) is 0 Å². The third-order valence-electron chi connectivity index (χ3n) is 15.3. The van der Waals surface area contributed by atoms with Crippen molar-refractivity contribution in [2.45, 2.75) is 88.9 Å². The number of anilines is 3. The Bertz CT molecular complexity index is 2420. The van der Waals surface area contributed by atoms with Gasteiger partial charge in [0, 0.05) is 22.4 Å². The quantitative estimate of drug-likeness (QED) is 0.172. The van der Waals surface area contributed by atoms with Gasteiger partial charge in [-0.05, 0) is 160 Å². The first-order chi connectivity index (χ1) is 26.7. The van der Waals surface area contributed by atoms with Crippen molar-refractivity contribution in [3.05, 3.63) is 162 Å². The van der Waals surface area contributed by atoms with Crippen LogP contribution in [-0.2, 0) is 16.2 Å². The van der Waals surface area contributed by atoms with Gasteiger partial charge >= 0.3 is 0 Å². The second-order valence-electron chi connectivity index (χ2n) is 19.2. The summed E-state index contributed by atoms with van der Waals surface area (Å²) in [7, 11) is 0. The van der Waals surface area contributed by atoms with E-state index in [-0.39, 0.29) is 16.2 Å². The Hall–Kier alpha value is -4.88. The molecule has 6 aliphatic carbocycles. The Kier molecular flexibility index (Phi) is 7.34. The van der Waals surface area contributed by atoms with E-state index in [0.717, 1.165) is 23.7 Å². The Morgan fingerprint density at radius 2 is 1.00 bits per heavy atom. The summed E-state index contributed by atoms with van der Waals surface area (Å²) in [6, 6.07) is 53.6. The summed E-state index contributed by atoms with van der Waals surface area (Å²) in [4.78, 5) is 2.56. The van der Waals surface area contributed by atoms with Gasteiger partial charge in [-0.3, -0.25) is 0 Å². The van der Waals surface area contributed by atoms with Crippen molar-refractivity contribution in [3.8, 4) is 33.4 Å². The number of hydrogen-bond acceptors (Lipinski definition) is 1. The molecule has 274 valence electrons. The van der Waals surface area contributed by atoms with E-state index in [2.05, 4.69) is 172 Å². The Balaban J connectivity index is 1.09. The predicted molar refractivity (Wildman–Crippen MR) is 231 cm³/mol. The normalized spacial score (nSPS) is 26.0. The maximum atomic E-state index is 2.64. The molecule has 1 spiro atoms. The van der Waals surface area contributed by atoms with E-state index in [1.54, 1.807) is 11.1 Å². The molecule has 6 aromatic rings. The molecule has 0 aromatic heterocycles. The van der Waals surface area contributed by atoms with E-state index in [1.165, 1.54) is 107 Å². The Labute approximate surface area is 328 Å². The highest BCUT2D eigenvalue weighted by molar-refractivity contribution is 5.91. The van der Waals surface area contributed by atoms with E-state index in [0.29, 0.717) is 0 Å². The van der Waals surface area contributed by atoms with Crippen molar-refractivity contribution >= 4 is 17.1 Å². The first-order valence-electron chi connectivity index (χ1n) is 21.2. The molecule has 0 amide bonds. The molecule has 55 heavy (non-hydrogen) atoms. The Morgan fingerprint density at radius 3 is 1.75 bits per heavy atom. The molecule has 4 bridgehead atoms. The zero-order valence-electron chi connectivity index (χ0n) is 33.0. The first kappa shape index (κ1) is 33.5. The van der Waals surface area contributed by atoms with Crippen LogP contribution in [0.2, 0.25) is 0 Å². The number of rotatable bonds is 5. The second-order valence-corrected chi connectivity index (χ2v) is 19.2. The molecule has 0 N–H and O–H groups in total. The van der Waals surface area contributed by atoms with Crippen LogP contribution in [0.4, 0.5) is 17.1 Å². The van der Waals surface area contributed by atoms with Gasteiger partial charge < -0.3 is 4.90 Å². The highest BCUT2D eigenvalue weighted by atomic mass is 15.1. The summed E-state index contributed by atoms with van der Waals surface area (Å²) in [5, 5.41) is 0. The third kappa shape index (κ3) is 4.90. The number of fused-ring (bicyclic) bond motifs is 4. The third-order valence-corrected chi connectivity index (χ3v) is 15.3. The van der Waals surface area contributed by atoms with Gasteiger partial charge in [0.05, 0.1) is 5.69 Å². The van der Waals surface area contributed by atoms with Gasteiger partial charge in [-0.25, -0.2) is 0 Å².